The summed E-state index contributed by atoms with van der Waals surface area (Å²) in [5.41, 5.74) is 0.531. The molecule has 142 valence electrons. The molecular formula is C20H19F3N2O2. The Kier molecular flexibility index (Phi) is 5.21. The van der Waals surface area contributed by atoms with Crippen LogP contribution in [0.3, 0.4) is 0 Å². The zero-order chi connectivity index (χ0) is 19.6. The Morgan fingerprint density at radius 3 is 2.63 bits per heavy atom. The van der Waals surface area contributed by atoms with Crippen LogP contribution in [0.15, 0.2) is 42.5 Å². The Balaban J connectivity index is 1.75. The van der Waals surface area contributed by atoms with Crippen LogP contribution in [0.5, 0.6) is 0 Å². The van der Waals surface area contributed by atoms with Crippen molar-refractivity contribution in [3.05, 3.63) is 64.7 Å². The van der Waals surface area contributed by atoms with Crippen LogP contribution in [0.25, 0.3) is 0 Å². The summed E-state index contributed by atoms with van der Waals surface area (Å²) in [7, 11) is 0. The smallest absolute Gasteiger partial charge is 0.338 e. The van der Waals surface area contributed by atoms with Gasteiger partial charge in [-0.2, -0.15) is 13.2 Å². The highest BCUT2D eigenvalue weighted by Gasteiger charge is 2.32. The molecule has 3 rings (SSSR count). The van der Waals surface area contributed by atoms with Crippen LogP contribution >= 0.6 is 0 Å². The molecule has 2 amide bonds. The van der Waals surface area contributed by atoms with Crippen LogP contribution in [-0.4, -0.2) is 23.3 Å². The number of alkyl halides is 3. The minimum absolute atomic E-state index is 0.0815. The van der Waals surface area contributed by atoms with Crippen molar-refractivity contribution in [1.82, 2.24) is 4.90 Å². The second-order valence-electron chi connectivity index (χ2n) is 6.60. The van der Waals surface area contributed by atoms with Gasteiger partial charge in [-0.05, 0) is 48.7 Å². The fourth-order valence-electron chi connectivity index (χ4n) is 3.11. The molecule has 0 unspecified atom stereocenters. The van der Waals surface area contributed by atoms with Gasteiger partial charge in [-0.15, -0.1) is 0 Å². The molecule has 0 aliphatic carbocycles. The predicted molar refractivity (Wildman–Crippen MR) is 95.2 cm³/mol. The van der Waals surface area contributed by atoms with Gasteiger partial charge in [0, 0.05) is 30.8 Å². The van der Waals surface area contributed by atoms with E-state index in [1.807, 2.05) is 6.07 Å². The molecule has 0 radical (unpaired) electrons. The Morgan fingerprint density at radius 1 is 1.19 bits per heavy atom. The molecular weight excluding hydrogens is 357 g/mol. The third-order valence-electron chi connectivity index (χ3n) is 4.53. The van der Waals surface area contributed by atoms with E-state index in [0.717, 1.165) is 18.1 Å². The summed E-state index contributed by atoms with van der Waals surface area (Å²) in [4.78, 5) is 25.9. The molecule has 1 aliphatic heterocycles. The van der Waals surface area contributed by atoms with Gasteiger partial charge in [0.1, 0.15) is 0 Å². The first-order valence-electron chi connectivity index (χ1n) is 8.60. The minimum atomic E-state index is -4.48. The SMILES string of the molecule is Cc1ccc(NC(=O)c2cccc(CN3CCCC3=O)c2)cc1C(F)(F)F. The molecule has 0 aromatic heterocycles. The Labute approximate surface area is 155 Å². The molecule has 1 heterocycles. The lowest BCUT2D eigenvalue weighted by Crippen LogP contribution is -2.24. The number of carbonyl (C=O) groups excluding carboxylic acids is 2. The quantitative estimate of drug-likeness (QED) is 0.861. The first kappa shape index (κ1) is 18.9. The molecule has 0 spiro atoms. The monoisotopic (exact) mass is 376 g/mol. The summed E-state index contributed by atoms with van der Waals surface area (Å²) in [6, 6.07) is 10.4. The van der Waals surface area contributed by atoms with Crippen LogP contribution in [0.4, 0.5) is 18.9 Å². The zero-order valence-electron chi connectivity index (χ0n) is 14.8. The summed E-state index contributed by atoms with van der Waals surface area (Å²) >= 11 is 0. The van der Waals surface area contributed by atoms with Gasteiger partial charge in [-0.3, -0.25) is 9.59 Å². The van der Waals surface area contributed by atoms with Crippen molar-refractivity contribution >= 4 is 17.5 Å². The minimum Gasteiger partial charge on any atom is -0.338 e. The van der Waals surface area contributed by atoms with Crippen LogP contribution in [0, 0.1) is 6.92 Å². The second kappa shape index (κ2) is 7.42. The summed E-state index contributed by atoms with van der Waals surface area (Å²) in [6.45, 7) is 2.49. The number of nitrogens with zero attached hydrogens (tertiary/aromatic N) is 1. The third kappa shape index (κ3) is 4.48. The summed E-state index contributed by atoms with van der Waals surface area (Å²) < 4.78 is 39.1. The van der Waals surface area contributed by atoms with E-state index in [-0.39, 0.29) is 17.2 Å². The Morgan fingerprint density at radius 2 is 1.96 bits per heavy atom. The first-order valence-corrected chi connectivity index (χ1v) is 8.60. The molecule has 2 aromatic carbocycles. The largest absolute Gasteiger partial charge is 0.416 e. The van der Waals surface area contributed by atoms with Crippen molar-refractivity contribution in [3.8, 4) is 0 Å². The van der Waals surface area contributed by atoms with E-state index in [9.17, 15) is 22.8 Å². The highest BCUT2D eigenvalue weighted by Crippen LogP contribution is 2.33. The summed E-state index contributed by atoms with van der Waals surface area (Å²) in [6.07, 6.45) is -3.11. The van der Waals surface area contributed by atoms with Gasteiger partial charge in [0.2, 0.25) is 5.91 Å². The van der Waals surface area contributed by atoms with Crippen molar-refractivity contribution in [2.75, 3.05) is 11.9 Å². The first-order chi connectivity index (χ1) is 12.7. The number of likely N-dealkylation sites (tertiary alicyclic amines) is 1. The number of rotatable bonds is 4. The molecule has 0 bridgehead atoms. The molecule has 0 atom stereocenters. The molecule has 7 heteroatoms. The average molecular weight is 376 g/mol. The Bertz CT molecular complexity index is 878. The normalized spacial score (nSPS) is 14.5. The number of amides is 2. The maximum absolute atomic E-state index is 13.0. The molecule has 2 aromatic rings. The molecule has 27 heavy (non-hydrogen) atoms. The highest BCUT2D eigenvalue weighted by molar-refractivity contribution is 6.04. The molecule has 4 nitrogen and oxygen atoms in total. The fourth-order valence-corrected chi connectivity index (χ4v) is 3.11. The lowest BCUT2D eigenvalue weighted by atomic mass is 10.1. The zero-order valence-corrected chi connectivity index (χ0v) is 14.8. The maximum Gasteiger partial charge on any atom is 0.416 e. The number of anilines is 1. The second-order valence-corrected chi connectivity index (χ2v) is 6.60. The van der Waals surface area contributed by atoms with Gasteiger partial charge < -0.3 is 10.2 Å². The fraction of sp³-hybridized carbons (Fsp3) is 0.300. The Hall–Kier alpha value is -2.83. The average Bonchev–Trinajstić information content (AvgIpc) is 3.00. The number of hydrogen-bond donors (Lipinski definition) is 1. The summed E-state index contributed by atoms with van der Waals surface area (Å²) in [5.74, 6) is -0.411. The van der Waals surface area contributed by atoms with E-state index in [1.165, 1.54) is 19.1 Å². The van der Waals surface area contributed by atoms with Crippen LogP contribution in [0.1, 0.15) is 39.9 Å². The number of benzene rings is 2. The van der Waals surface area contributed by atoms with Crippen LogP contribution < -0.4 is 5.32 Å². The third-order valence-corrected chi connectivity index (χ3v) is 4.53. The van der Waals surface area contributed by atoms with E-state index in [2.05, 4.69) is 5.32 Å². The van der Waals surface area contributed by atoms with Gasteiger partial charge in [-0.25, -0.2) is 0 Å². The van der Waals surface area contributed by atoms with Gasteiger partial charge in [-0.1, -0.05) is 18.2 Å². The molecule has 0 saturated carbocycles. The van der Waals surface area contributed by atoms with Crippen molar-refractivity contribution in [2.24, 2.45) is 0 Å². The topological polar surface area (TPSA) is 49.4 Å². The number of aryl methyl sites for hydroxylation is 1. The maximum atomic E-state index is 13.0. The standard InChI is InChI=1S/C20H19F3N2O2/c1-13-7-8-16(11-17(13)20(21,22)23)24-19(27)15-5-2-4-14(10-15)12-25-9-3-6-18(25)26/h2,4-5,7-8,10-11H,3,6,9,12H2,1H3,(H,24,27). The highest BCUT2D eigenvalue weighted by atomic mass is 19.4. The molecule has 1 aliphatic rings. The summed E-state index contributed by atoms with van der Waals surface area (Å²) in [5, 5.41) is 2.51. The van der Waals surface area contributed by atoms with E-state index in [1.54, 1.807) is 23.1 Å². The number of hydrogen-bond acceptors (Lipinski definition) is 2. The number of carbonyl (C=O) groups is 2. The number of nitrogens with one attached hydrogen (secondary N) is 1. The van der Waals surface area contributed by atoms with Crippen molar-refractivity contribution in [1.29, 1.82) is 0 Å². The van der Waals surface area contributed by atoms with E-state index in [4.69, 9.17) is 0 Å². The molecule has 1 N–H and O–H groups in total. The van der Waals surface area contributed by atoms with Gasteiger partial charge in [0.15, 0.2) is 0 Å². The van der Waals surface area contributed by atoms with Gasteiger partial charge in [0.05, 0.1) is 5.56 Å². The van der Waals surface area contributed by atoms with Gasteiger partial charge in [0.25, 0.3) is 5.91 Å². The van der Waals surface area contributed by atoms with Crippen molar-refractivity contribution < 1.29 is 22.8 Å². The van der Waals surface area contributed by atoms with Crippen LogP contribution in [-0.2, 0) is 17.5 Å². The lowest BCUT2D eigenvalue weighted by molar-refractivity contribution is -0.138. The number of halogens is 3. The van der Waals surface area contributed by atoms with Gasteiger partial charge >= 0.3 is 6.18 Å². The van der Waals surface area contributed by atoms with E-state index < -0.39 is 17.6 Å². The van der Waals surface area contributed by atoms with Crippen LogP contribution in [0.2, 0.25) is 0 Å². The van der Waals surface area contributed by atoms with Crippen molar-refractivity contribution in [3.63, 3.8) is 0 Å². The molecule has 1 fully saturated rings. The lowest BCUT2D eigenvalue weighted by Gasteiger charge is -2.16. The van der Waals surface area contributed by atoms with E-state index >= 15 is 0 Å². The molecule has 1 saturated heterocycles. The van der Waals surface area contributed by atoms with Crippen molar-refractivity contribution in [2.45, 2.75) is 32.5 Å². The predicted octanol–water partition coefficient (Wildman–Crippen LogP) is 4.39. The van der Waals surface area contributed by atoms with E-state index in [0.29, 0.717) is 25.1 Å².